The van der Waals surface area contributed by atoms with Crippen LogP contribution in [0, 0.1) is 5.92 Å². The first-order valence-corrected chi connectivity index (χ1v) is 9.05. The summed E-state index contributed by atoms with van der Waals surface area (Å²) in [4.78, 5) is 12.5. The van der Waals surface area contributed by atoms with Crippen LogP contribution >= 0.6 is 11.6 Å². The van der Waals surface area contributed by atoms with Crippen LogP contribution < -0.4 is 15.4 Å². The van der Waals surface area contributed by atoms with Crippen molar-refractivity contribution in [2.24, 2.45) is 5.92 Å². The highest BCUT2D eigenvalue weighted by atomic mass is 35.5. The molecule has 2 aromatic carbocycles. The van der Waals surface area contributed by atoms with Gasteiger partial charge in [-0.2, -0.15) is 0 Å². The first kappa shape index (κ1) is 17.8. The van der Waals surface area contributed by atoms with E-state index in [1.807, 2.05) is 42.5 Å². The summed E-state index contributed by atoms with van der Waals surface area (Å²) in [6.07, 6.45) is 2.32. The van der Waals surface area contributed by atoms with E-state index in [-0.39, 0.29) is 5.91 Å². The Labute approximate surface area is 153 Å². The normalized spacial score (nSPS) is 17.1. The lowest BCUT2D eigenvalue weighted by Gasteiger charge is -2.23. The Morgan fingerprint density at radius 2 is 2.00 bits per heavy atom. The fourth-order valence-corrected chi connectivity index (χ4v) is 3.08. The second-order valence-electron chi connectivity index (χ2n) is 6.33. The van der Waals surface area contributed by atoms with E-state index in [4.69, 9.17) is 16.3 Å². The van der Waals surface area contributed by atoms with Crippen LogP contribution in [0.1, 0.15) is 28.8 Å². The Morgan fingerprint density at radius 1 is 1.20 bits per heavy atom. The Kier molecular flexibility index (Phi) is 6.31. The zero-order chi connectivity index (χ0) is 17.5. The van der Waals surface area contributed by atoms with E-state index in [0.29, 0.717) is 35.4 Å². The minimum atomic E-state index is -0.0859. The summed E-state index contributed by atoms with van der Waals surface area (Å²) in [5.74, 6) is 1.01. The van der Waals surface area contributed by atoms with Crippen molar-refractivity contribution in [3.05, 3.63) is 64.7 Å². The van der Waals surface area contributed by atoms with Crippen molar-refractivity contribution in [2.45, 2.75) is 19.4 Å². The van der Waals surface area contributed by atoms with E-state index < -0.39 is 0 Å². The first-order valence-electron chi connectivity index (χ1n) is 8.67. The van der Waals surface area contributed by atoms with Gasteiger partial charge in [-0.25, -0.2) is 0 Å². The lowest BCUT2D eigenvalue weighted by molar-refractivity contribution is 0.0940. The van der Waals surface area contributed by atoms with E-state index in [2.05, 4.69) is 10.6 Å². The molecule has 1 unspecified atom stereocenters. The van der Waals surface area contributed by atoms with Crippen molar-refractivity contribution >= 4 is 17.5 Å². The molecule has 0 bridgehead atoms. The summed E-state index contributed by atoms with van der Waals surface area (Å²) in [6, 6.07) is 14.8. The molecule has 3 rings (SSSR count). The zero-order valence-corrected chi connectivity index (χ0v) is 14.9. The highest BCUT2D eigenvalue weighted by Crippen LogP contribution is 2.20. The number of para-hydroxylation sites is 1. The molecule has 5 heteroatoms. The van der Waals surface area contributed by atoms with E-state index >= 15 is 0 Å². The standard InChI is InChI=1S/C20H23ClN2O2/c21-17-9-7-15(8-10-17)14-25-19-6-2-1-5-18(19)20(24)23-13-16-4-3-11-22-12-16/h1-2,5-10,16,22H,3-4,11-14H2,(H,23,24). The van der Waals surface area contributed by atoms with Crippen LogP contribution in [0.3, 0.4) is 0 Å². The Morgan fingerprint density at radius 3 is 2.76 bits per heavy atom. The number of nitrogens with one attached hydrogen (secondary N) is 2. The molecule has 1 aliphatic heterocycles. The maximum absolute atomic E-state index is 12.5. The fourth-order valence-electron chi connectivity index (χ4n) is 2.95. The number of rotatable bonds is 6. The zero-order valence-electron chi connectivity index (χ0n) is 14.1. The van der Waals surface area contributed by atoms with Gasteiger partial charge in [0.05, 0.1) is 5.56 Å². The molecule has 1 saturated heterocycles. The molecule has 1 aliphatic rings. The number of carbonyl (C=O) groups excluding carboxylic acids is 1. The van der Waals surface area contributed by atoms with Gasteiger partial charge in [-0.15, -0.1) is 0 Å². The van der Waals surface area contributed by atoms with Crippen LogP contribution in [0.25, 0.3) is 0 Å². The minimum absolute atomic E-state index is 0.0859. The Bertz CT molecular complexity index is 697. The average molecular weight is 359 g/mol. The van der Waals surface area contributed by atoms with Gasteiger partial charge in [-0.1, -0.05) is 35.9 Å². The number of amides is 1. The summed E-state index contributed by atoms with van der Waals surface area (Å²) in [5, 5.41) is 7.10. The lowest BCUT2D eigenvalue weighted by atomic mass is 9.99. The van der Waals surface area contributed by atoms with Gasteiger partial charge >= 0.3 is 0 Å². The molecule has 0 radical (unpaired) electrons. The molecule has 0 aromatic heterocycles. The van der Waals surface area contributed by atoms with Crippen molar-refractivity contribution in [1.82, 2.24) is 10.6 Å². The predicted molar refractivity (Wildman–Crippen MR) is 100 cm³/mol. The highest BCUT2D eigenvalue weighted by Gasteiger charge is 2.16. The van der Waals surface area contributed by atoms with Crippen LogP contribution in [0.4, 0.5) is 0 Å². The van der Waals surface area contributed by atoms with Crippen molar-refractivity contribution in [2.75, 3.05) is 19.6 Å². The van der Waals surface area contributed by atoms with Gasteiger partial charge in [0.2, 0.25) is 0 Å². The van der Waals surface area contributed by atoms with E-state index in [1.54, 1.807) is 6.07 Å². The first-order chi connectivity index (χ1) is 12.2. The maximum atomic E-state index is 12.5. The molecule has 25 heavy (non-hydrogen) atoms. The van der Waals surface area contributed by atoms with Gasteiger partial charge in [0.25, 0.3) is 5.91 Å². The number of hydrogen-bond donors (Lipinski definition) is 2. The molecule has 0 saturated carbocycles. The molecule has 0 aliphatic carbocycles. The third-order valence-corrected chi connectivity index (χ3v) is 4.64. The van der Waals surface area contributed by atoms with Gasteiger partial charge in [0, 0.05) is 11.6 Å². The van der Waals surface area contributed by atoms with Crippen LogP contribution in [-0.4, -0.2) is 25.5 Å². The average Bonchev–Trinajstić information content (AvgIpc) is 2.67. The van der Waals surface area contributed by atoms with E-state index in [1.165, 1.54) is 6.42 Å². The van der Waals surface area contributed by atoms with Gasteiger partial charge in [0.15, 0.2) is 0 Å². The van der Waals surface area contributed by atoms with Crippen LogP contribution in [0.2, 0.25) is 5.02 Å². The minimum Gasteiger partial charge on any atom is -0.488 e. The number of benzene rings is 2. The summed E-state index contributed by atoms with van der Waals surface area (Å²) in [6.45, 7) is 3.13. The number of carbonyl (C=O) groups is 1. The van der Waals surface area contributed by atoms with Crippen LogP contribution in [0.5, 0.6) is 5.75 Å². The molecular weight excluding hydrogens is 336 g/mol. The number of hydrogen-bond acceptors (Lipinski definition) is 3. The van der Waals surface area contributed by atoms with Crippen molar-refractivity contribution in [1.29, 1.82) is 0 Å². The van der Waals surface area contributed by atoms with Gasteiger partial charge in [-0.3, -0.25) is 4.79 Å². The molecule has 0 spiro atoms. The van der Waals surface area contributed by atoms with Crippen molar-refractivity contribution in [3.63, 3.8) is 0 Å². The Hall–Kier alpha value is -2.04. The molecule has 4 nitrogen and oxygen atoms in total. The van der Waals surface area contributed by atoms with Gasteiger partial charge in [-0.05, 0) is 61.7 Å². The molecule has 1 atom stereocenters. The molecular formula is C20H23ClN2O2. The highest BCUT2D eigenvalue weighted by molar-refractivity contribution is 6.30. The lowest BCUT2D eigenvalue weighted by Crippen LogP contribution is -2.38. The molecule has 2 N–H and O–H groups in total. The summed E-state index contributed by atoms with van der Waals surface area (Å²) < 4.78 is 5.86. The SMILES string of the molecule is O=C(NCC1CCCNC1)c1ccccc1OCc1ccc(Cl)cc1. The van der Waals surface area contributed by atoms with Gasteiger partial charge in [0.1, 0.15) is 12.4 Å². The second kappa shape index (κ2) is 8.88. The number of ether oxygens (including phenoxy) is 1. The topological polar surface area (TPSA) is 50.4 Å². The Balaban J connectivity index is 1.59. The summed E-state index contributed by atoms with van der Waals surface area (Å²) in [5.41, 5.74) is 1.58. The third kappa shape index (κ3) is 5.21. The van der Waals surface area contributed by atoms with Gasteiger partial charge < -0.3 is 15.4 Å². The van der Waals surface area contributed by atoms with E-state index in [9.17, 15) is 4.79 Å². The monoisotopic (exact) mass is 358 g/mol. The molecule has 1 heterocycles. The second-order valence-corrected chi connectivity index (χ2v) is 6.77. The largest absolute Gasteiger partial charge is 0.488 e. The molecule has 132 valence electrons. The smallest absolute Gasteiger partial charge is 0.255 e. The number of piperidine rings is 1. The van der Waals surface area contributed by atoms with Crippen LogP contribution in [-0.2, 0) is 6.61 Å². The van der Waals surface area contributed by atoms with Crippen molar-refractivity contribution < 1.29 is 9.53 Å². The third-order valence-electron chi connectivity index (χ3n) is 4.39. The molecule has 2 aromatic rings. The van der Waals surface area contributed by atoms with Crippen LogP contribution in [0.15, 0.2) is 48.5 Å². The quantitative estimate of drug-likeness (QED) is 0.828. The van der Waals surface area contributed by atoms with E-state index in [0.717, 1.165) is 25.1 Å². The molecule has 1 amide bonds. The van der Waals surface area contributed by atoms with Crippen molar-refractivity contribution in [3.8, 4) is 5.75 Å². The summed E-state index contributed by atoms with van der Waals surface area (Å²) >= 11 is 5.90. The summed E-state index contributed by atoms with van der Waals surface area (Å²) in [7, 11) is 0. The fraction of sp³-hybridized carbons (Fsp3) is 0.350. The number of halogens is 1. The molecule has 1 fully saturated rings. The predicted octanol–water partition coefficient (Wildman–Crippen LogP) is 3.65. The maximum Gasteiger partial charge on any atom is 0.255 e.